The maximum atomic E-state index is 8.58. The second kappa shape index (κ2) is 19.0. The summed E-state index contributed by atoms with van der Waals surface area (Å²) in [6, 6.07) is 60.1. The number of nitrogens with zero attached hydrogens (tertiary/aromatic N) is 10. The summed E-state index contributed by atoms with van der Waals surface area (Å²) in [5, 5.41) is 25.6. The van der Waals surface area contributed by atoms with Crippen LogP contribution in [0.2, 0.25) is 0 Å². The van der Waals surface area contributed by atoms with E-state index in [0.29, 0.717) is 14.9 Å². The Labute approximate surface area is 435 Å². The molecule has 0 amide bonds. The van der Waals surface area contributed by atoms with Gasteiger partial charge in [0.15, 0.2) is 9.47 Å². The molecule has 0 aliphatic carbocycles. The van der Waals surface area contributed by atoms with Crippen LogP contribution in [0.4, 0.5) is 0 Å². The Balaban J connectivity index is 0.000000127. The Morgan fingerprint density at radius 1 is 0.375 bits per heavy atom. The number of pyridine rings is 4. The monoisotopic (exact) mass is 1130 g/mol. The first-order valence-corrected chi connectivity index (χ1v) is 25.0. The smallest absolute Gasteiger partial charge is 0.423 e. The summed E-state index contributed by atoms with van der Waals surface area (Å²) in [7, 11) is -1.34. The van der Waals surface area contributed by atoms with Crippen molar-refractivity contribution in [1.29, 1.82) is 0 Å². The zero-order valence-corrected chi connectivity index (χ0v) is 42.3. The third-order valence-electron chi connectivity index (χ3n) is 12.4. The zero-order chi connectivity index (χ0) is 48.9. The van der Waals surface area contributed by atoms with E-state index in [1.165, 1.54) is 0 Å². The van der Waals surface area contributed by atoms with E-state index in [9.17, 15) is 0 Å². The molecule has 0 radical (unpaired) electrons. The van der Waals surface area contributed by atoms with E-state index in [2.05, 4.69) is 151 Å². The summed E-state index contributed by atoms with van der Waals surface area (Å²) < 4.78 is 6.03. The summed E-state index contributed by atoms with van der Waals surface area (Å²) in [5.74, 6) is 1.61. The largest absolute Gasteiger partial charge is 0.488 e. The van der Waals surface area contributed by atoms with Crippen molar-refractivity contribution in [2.75, 3.05) is 0 Å². The quantitative estimate of drug-likeness (QED) is 0.0753. The Morgan fingerprint density at radius 2 is 0.833 bits per heavy atom. The molecule has 72 heavy (non-hydrogen) atoms. The molecule has 344 valence electrons. The number of rotatable bonds is 4. The minimum Gasteiger partial charge on any atom is -0.423 e. The van der Waals surface area contributed by atoms with Gasteiger partial charge in [0.25, 0.3) is 0 Å². The average Bonchev–Trinajstić information content (AvgIpc) is 3.94. The van der Waals surface area contributed by atoms with E-state index in [1.807, 2.05) is 91.3 Å². The van der Waals surface area contributed by atoms with E-state index < -0.39 is 7.12 Å². The highest BCUT2D eigenvalue weighted by atomic mass is 79.9. The predicted octanol–water partition coefficient (Wildman–Crippen LogP) is 12.7. The molecular formula is C56H34BBr3N10O2. The highest BCUT2D eigenvalue weighted by Gasteiger charge is 2.19. The van der Waals surface area contributed by atoms with Crippen LogP contribution in [0.1, 0.15) is 0 Å². The van der Waals surface area contributed by atoms with Gasteiger partial charge >= 0.3 is 7.12 Å². The van der Waals surface area contributed by atoms with Crippen LogP contribution in [-0.2, 0) is 0 Å². The first-order valence-electron chi connectivity index (χ1n) is 22.6. The van der Waals surface area contributed by atoms with E-state index in [4.69, 9.17) is 35.0 Å². The molecule has 6 aromatic carbocycles. The third kappa shape index (κ3) is 8.22. The van der Waals surface area contributed by atoms with Crippen LogP contribution in [-0.4, -0.2) is 66.2 Å². The van der Waals surface area contributed by atoms with Gasteiger partial charge in [-0.2, -0.15) is 0 Å². The van der Waals surface area contributed by atoms with Crippen molar-refractivity contribution < 1.29 is 10.0 Å². The molecule has 0 saturated heterocycles. The topological polar surface area (TPSA) is 153 Å². The highest BCUT2D eigenvalue weighted by molar-refractivity contribution is 9.11. The number of hydrogen-bond donors (Lipinski definition) is 2. The van der Waals surface area contributed by atoms with Crippen LogP contribution in [0, 0.1) is 0 Å². The number of fused-ring (bicyclic) bond motifs is 12. The molecular weight excluding hydrogens is 1100 g/mol. The van der Waals surface area contributed by atoms with Crippen LogP contribution >= 0.6 is 47.8 Å². The van der Waals surface area contributed by atoms with Crippen molar-refractivity contribution in [1.82, 2.24) is 49.0 Å². The van der Waals surface area contributed by atoms with Gasteiger partial charge in [0.1, 0.15) is 38.6 Å². The van der Waals surface area contributed by atoms with E-state index in [1.54, 1.807) is 24.3 Å². The Hall–Kier alpha value is -7.86. The first kappa shape index (κ1) is 45.3. The zero-order valence-electron chi connectivity index (χ0n) is 37.6. The molecule has 0 atom stereocenters. The lowest BCUT2D eigenvalue weighted by atomic mass is 9.81. The molecule has 2 N–H and O–H groups in total. The highest BCUT2D eigenvalue weighted by Crippen LogP contribution is 2.36. The van der Waals surface area contributed by atoms with Crippen LogP contribution in [0.15, 0.2) is 208 Å². The summed E-state index contributed by atoms with van der Waals surface area (Å²) in [6.45, 7) is 0. The van der Waals surface area contributed by atoms with Crippen LogP contribution in [0.5, 0.6) is 0 Å². The molecule has 0 unspecified atom stereocenters. The van der Waals surface area contributed by atoms with Crippen LogP contribution < -0.4 is 5.46 Å². The van der Waals surface area contributed by atoms with Gasteiger partial charge in [-0.1, -0.05) is 109 Å². The Kier molecular flexibility index (Phi) is 12.0. The van der Waals surface area contributed by atoms with E-state index in [-0.39, 0.29) is 0 Å². The molecule has 8 aromatic heterocycles. The third-order valence-corrected chi connectivity index (χ3v) is 13.7. The molecule has 16 heteroatoms. The van der Waals surface area contributed by atoms with Crippen molar-refractivity contribution in [3.63, 3.8) is 0 Å². The molecule has 0 saturated carbocycles. The molecule has 0 aliphatic rings. The van der Waals surface area contributed by atoms with Crippen LogP contribution in [0.3, 0.4) is 0 Å². The lowest BCUT2D eigenvalue weighted by Gasteiger charge is -2.11. The van der Waals surface area contributed by atoms with Gasteiger partial charge in [-0.15, -0.1) is 0 Å². The Morgan fingerprint density at radius 3 is 1.38 bits per heavy atom. The Bertz CT molecular complexity index is 4280. The standard InChI is InChI=1S/C28H16BrN5.C22H11Br2N5.C6H7BO2/c29-28-32-24(17-7-2-1-3-8-17)21-14-12-18-13-15-23(31-25(18)26(21)33-28)34-22-11-5-4-9-19(22)20-10-6-16-30-27(20)34;23-20-15-9-7-12-8-10-17(26-18(12)19(15)27-22(24)28-20)29-16-6-2-1-4-13(16)14-5-3-11-25-21(14)29;8-7(9)6-4-2-1-3-5-6/h1-16H;1-11H;1-5,8-9H. The van der Waals surface area contributed by atoms with Gasteiger partial charge in [0.05, 0.1) is 27.8 Å². The summed E-state index contributed by atoms with van der Waals surface area (Å²) >= 11 is 10.5. The second-order valence-electron chi connectivity index (χ2n) is 16.6. The summed E-state index contributed by atoms with van der Waals surface area (Å²) in [4.78, 5) is 37.9. The van der Waals surface area contributed by atoms with Crippen molar-refractivity contribution in [3.8, 4) is 22.9 Å². The summed E-state index contributed by atoms with van der Waals surface area (Å²) in [6.07, 6.45) is 3.64. The number of halogens is 3. The molecule has 14 aromatic rings. The fourth-order valence-electron chi connectivity index (χ4n) is 9.18. The van der Waals surface area contributed by atoms with Gasteiger partial charge < -0.3 is 10.0 Å². The normalized spacial score (nSPS) is 11.4. The molecule has 12 nitrogen and oxygen atoms in total. The SMILES string of the molecule is Brc1nc(-c2ccccc2)c2ccc3ccc(-n4c5ccccc5c5cccnc54)nc3c2n1.Brc1nc(Br)c2ccc3ccc(-n4c5ccccc5c5cccnc54)nc3c2n1.OB(O)c1ccccc1. The number of para-hydroxylation sites is 2. The van der Waals surface area contributed by atoms with E-state index in [0.717, 1.165) is 115 Å². The van der Waals surface area contributed by atoms with Gasteiger partial charge in [0.2, 0.25) is 0 Å². The van der Waals surface area contributed by atoms with Gasteiger partial charge in [0, 0.05) is 61.0 Å². The van der Waals surface area contributed by atoms with Crippen molar-refractivity contribution in [2.24, 2.45) is 0 Å². The maximum absolute atomic E-state index is 8.58. The lowest BCUT2D eigenvalue weighted by molar-refractivity contribution is 0.426. The van der Waals surface area contributed by atoms with Crippen molar-refractivity contribution >= 4 is 148 Å². The van der Waals surface area contributed by atoms with Gasteiger partial charge in [-0.3, -0.25) is 9.13 Å². The molecule has 0 spiro atoms. The predicted molar refractivity (Wildman–Crippen MR) is 299 cm³/mol. The lowest BCUT2D eigenvalue weighted by Crippen LogP contribution is -2.29. The average molecular weight is 1130 g/mol. The van der Waals surface area contributed by atoms with Crippen LogP contribution in [0.25, 0.3) is 110 Å². The summed E-state index contributed by atoms with van der Waals surface area (Å²) in [5.41, 5.74) is 9.63. The first-order chi connectivity index (χ1) is 35.3. The molecule has 8 heterocycles. The van der Waals surface area contributed by atoms with Crippen molar-refractivity contribution in [2.45, 2.75) is 0 Å². The molecule has 0 bridgehead atoms. The second-order valence-corrected chi connectivity index (χ2v) is 18.8. The fraction of sp³-hybridized carbons (Fsp3) is 0. The van der Waals surface area contributed by atoms with Crippen molar-refractivity contribution in [3.05, 3.63) is 208 Å². The maximum Gasteiger partial charge on any atom is 0.488 e. The minimum atomic E-state index is -1.34. The minimum absolute atomic E-state index is 0.523. The van der Waals surface area contributed by atoms with E-state index >= 15 is 0 Å². The fourth-order valence-corrected chi connectivity index (χ4v) is 10.6. The van der Waals surface area contributed by atoms with Gasteiger partial charge in [-0.05, 0) is 126 Å². The number of aromatic nitrogens is 10. The molecule has 14 rings (SSSR count). The number of benzene rings is 6. The molecule has 0 aliphatic heterocycles. The number of hydrogen-bond acceptors (Lipinski definition) is 10. The molecule has 0 fully saturated rings. The van der Waals surface area contributed by atoms with Gasteiger partial charge in [-0.25, -0.2) is 39.9 Å².